The van der Waals surface area contributed by atoms with E-state index in [1.807, 2.05) is 13.0 Å². The van der Waals surface area contributed by atoms with Gasteiger partial charge in [0.2, 0.25) is 5.95 Å². The second kappa shape index (κ2) is 5.96. The zero-order valence-electron chi connectivity index (χ0n) is 13.9. The number of carbonyl (C=O) groups is 1. The highest BCUT2D eigenvalue weighted by Crippen LogP contribution is 2.28. The Morgan fingerprint density at radius 2 is 2.20 bits per heavy atom. The van der Waals surface area contributed by atoms with Crippen molar-refractivity contribution in [3.05, 3.63) is 36.7 Å². The molecule has 3 N–H and O–H groups in total. The molecular formula is C17H20N6O2. The van der Waals surface area contributed by atoms with Crippen molar-refractivity contribution in [1.29, 1.82) is 0 Å². The molecule has 0 atom stereocenters. The van der Waals surface area contributed by atoms with Crippen LogP contribution in [-0.4, -0.2) is 47.2 Å². The molecular weight excluding hydrogens is 320 g/mol. The molecule has 1 amide bonds. The van der Waals surface area contributed by atoms with E-state index in [1.54, 1.807) is 29.5 Å². The van der Waals surface area contributed by atoms with Crippen molar-refractivity contribution < 1.29 is 9.90 Å². The molecule has 8 nitrogen and oxygen atoms in total. The van der Waals surface area contributed by atoms with Crippen LogP contribution in [0.1, 0.15) is 43.1 Å². The first kappa shape index (κ1) is 15.8. The van der Waals surface area contributed by atoms with Crippen LogP contribution in [0.4, 0.5) is 0 Å². The summed E-state index contributed by atoms with van der Waals surface area (Å²) < 4.78 is 1.67. The number of carbonyl (C=O) groups excluding carboxylic acids is 1. The number of aromatic amines is 1. The first-order valence-corrected chi connectivity index (χ1v) is 8.38. The standard InChI is InChI=1S/C17H20N6O2/c1-17(25)5-2-11(3-6-17)20-15(24)14-13-12(4-7-19-13)21-16(22-14)23-9-8-18-10-23/h4,7-11,19,25H,2-3,5-6H2,1H3,(H,20,24). The van der Waals surface area contributed by atoms with Gasteiger partial charge in [-0.15, -0.1) is 0 Å². The lowest BCUT2D eigenvalue weighted by molar-refractivity contribution is 0.0140. The SMILES string of the molecule is CC1(O)CCC(NC(=O)c2nc(-n3ccnc3)nc3cc[nH]c23)CC1. The molecule has 1 saturated carbocycles. The van der Waals surface area contributed by atoms with Crippen molar-refractivity contribution in [3.63, 3.8) is 0 Å². The van der Waals surface area contributed by atoms with Crippen LogP contribution in [0.5, 0.6) is 0 Å². The van der Waals surface area contributed by atoms with Crippen molar-refractivity contribution in [2.45, 2.75) is 44.2 Å². The smallest absolute Gasteiger partial charge is 0.272 e. The number of imidazole rings is 1. The van der Waals surface area contributed by atoms with Crippen molar-refractivity contribution in [3.8, 4) is 5.95 Å². The fourth-order valence-corrected chi connectivity index (χ4v) is 3.23. The predicted molar refractivity (Wildman–Crippen MR) is 91.4 cm³/mol. The van der Waals surface area contributed by atoms with Crippen molar-refractivity contribution in [2.75, 3.05) is 0 Å². The Hall–Kier alpha value is -2.74. The van der Waals surface area contributed by atoms with Gasteiger partial charge in [-0.3, -0.25) is 9.36 Å². The number of aliphatic hydroxyl groups is 1. The van der Waals surface area contributed by atoms with Crippen LogP contribution in [0.2, 0.25) is 0 Å². The van der Waals surface area contributed by atoms with Gasteiger partial charge in [-0.2, -0.15) is 0 Å². The van der Waals surface area contributed by atoms with Gasteiger partial charge in [0.15, 0.2) is 5.69 Å². The lowest BCUT2D eigenvalue weighted by atomic mass is 9.83. The van der Waals surface area contributed by atoms with E-state index in [9.17, 15) is 9.90 Å². The highest BCUT2D eigenvalue weighted by molar-refractivity contribution is 6.03. The summed E-state index contributed by atoms with van der Waals surface area (Å²) in [6.07, 6.45) is 9.58. The van der Waals surface area contributed by atoms with Gasteiger partial charge in [0.05, 0.1) is 16.6 Å². The minimum Gasteiger partial charge on any atom is -0.390 e. The number of aromatic nitrogens is 5. The Kier molecular flexibility index (Phi) is 3.76. The van der Waals surface area contributed by atoms with E-state index in [-0.39, 0.29) is 11.9 Å². The second-order valence-corrected chi connectivity index (χ2v) is 6.82. The average molecular weight is 340 g/mol. The van der Waals surface area contributed by atoms with Crippen molar-refractivity contribution >= 4 is 16.9 Å². The van der Waals surface area contributed by atoms with Crippen molar-refractivity contribution in [2.24, 2.45) is 0 Å². The van der Waals surface area contributed by atoms with Crippen LogP contribution in [-0.2, 0) is 0 Å². The molecule has 1 aliphatic rings. The number of fused-ring (bicyclic) bond motifs is 1. The number of amides is 1. The molecule has 0 unspecified atom stereocenters. The molecule has 3 heterocycles. The number of hydrogen-bond donors (Lipinski definition) is 3. The summed E-state index contributed by atoms with van der Waals surface area (Å²) in [6.45, 7) is 1.84. The normalized spacial score (nSPS) is 23.7. The number of rotatable bonds is 3. The maximum absolute atomic E-state index is 12.8. The molecule has 1 fully saturated rings. The summed E-state index contributed by atoms with van der Waals surface area (Å²) in [6, 6.07) is 1.86. The van der Waals surface area contributed by atoms with Gasteiger partial charge in [-0.05, 0) is 38.7 Å². The third-order valence-electron chi connectivity index (χ3n) is 4.74. The van der Waals surface area contributed by atoms with E-state index in [2.05, 4.69) is 25.3 Å². The third-order valence-corrected chi connectivity index (χ3v) is 4.74. The summed E-state index contributed by atoms with van der Waals surface area (Å²) in [4.78, 5) is 28.7. The van der Waals surface area contributed by atoms with Crippen LogP contribution < -0.4 is 5.32 Å². The molecule has 25 heavy (non-hydrogen) atoms. The van der Waals surface area contributed by atoms with E-state index < -0.39 is 5.60 Å². The monoisotopic (exact) mass is 340 g/mol. The summed E-state index contributed by atoms with van der Waals surface area (Å²) in [5.41, 5.74) is 0.980. The fraction of sp³-hybridized carbons (Fsp3) is 0.412. The lowest BCUT2D eigenvalue weighted by Crippen LogP contribution is -2.42. The number of H-pyrrole nitrogens is 1. The number of nitrogens with one attached hydrogen (secondary N) is 2. The van der Waals surface area contributed by atoms with Gasteiger partial charge in [0.1, 0.15) is 6.33 Å². The maximum atomic E-state index is 12.8. The largest absolute Gasteiger partial charge is 0.390 e. The van der Waals surface area contributed by atoms with Gasteiger partial charge in [0.25, 0.3) is 5.91 Å². The Labute approximate surface area is 144 Å². The van der Waals surface area contributed by atoms with E-state index in [0.717, 1.165) is 12.8 Å². The fourth-order valence-electron chi connectivity index (χ4n) is 3.23. The summed E-state index contributed by atoms with van der Waals surface area (Å²) in [7, 11) is 0. The van der Waals surface area contributed by atoms with Gasteiger partial charge < -0.3 is 15.4 Å². The van der Waals surface area contributed by atoms with Crippen LogP contribution >= 0.6 is 0 Å². The molecule has 130 valence electrons. The van der Waals surface area contributed by atoms with E-state index in [4.69, 9.17) is 0 Å². The Morgan fingerprint density at radius 3 is 2.92 bits per heavy atom. The summed E-state index contributed by atoms with van der Waals surface area (Å²) in [5, 5.41) is 13.1. The molecule has 0 bridgehead atoms. The lowest BCUT2D eigenvalue weighted by Gasteiger charge is -2.33. The Bertz CT molecular complexity index is 889. The zero-order valence-corrected chi connectivity index (χ0v) is 13.9. The Morgan fingerprint density at radius 1 is 1.40 bits per heavy atom. The van der Waals surface area contributed by atoms with E-state index in [1.165, 1.54) is 0 Å². The first-order valence-electron chi connectivity index (χ1n) is 8.38. The van der Waals surface area contributed by atoms with Crippen LogP contribution in [0.15, 0.2) is 31.0 Å². The van der Waals surface area contributed by atoms with Gasteiger partial charge in [-0.25, -0.2) is 15.0 Å². The average Bonchev–Trinajstić information content (AvgIpc) is 3.26. The third kappa shape index (κ3) is 3.12. The molecule has 0 saturated heterocycles. The minimum absolute atomic E-state index is 0.0457. The highest BCUT2D eigenvalue weighted by Gasteiger charge is 2.30. The molecule has 4 rings (SSSR count). The first-order chi connectivity index (χ1) is 12.0. The molecule has 8 heteroatoms. The predicted octanol–water partition coefficient (Wildman–Crippen LogP) is 1.57. The van der Waals surface area contributed by atoms with Crippen LogP contribution in [0, 0.1) is 0 Å². The minimum atomic E-state index is -0.628. The van der Waals surface area contributed by atoms with Gasteiger partial charge in [-0.1, -0.05) is 0 Å². The molecule has 0 aromatic carbocycles. The molecule has 0 spiro atoms. The van der Waals surface area contributed by atoms with E-state index >= 15 is 0 Å². The summed E-state index contributed by atoms with van der Waals surface area (Å²) in [5.74, 6) is 0.170. The van der Waals surface area contributed by atoms with Gasteiger partial charge in [0, 0.05) is 24.6 Å². The molecule has 0 aliphatic heterocycles. The number of nitrogens with zero attached hydrogens (tertiary/aromatic N) is 4. The zero-order chi connectivity index (χ0) is 17.4. The van der Waals surface area contributed by atoms with Crippen molar-refractivity contribution in [1.82, 2.24) is 29.8 Å². The molecule has 0 radical (unpaired) electrons. The number of hydrogen-bond acceptors (Lipinski definition) is 5. The maximum Gasteiger partial charge on any atom is 0.272 e. The van der Waals surface area contributed by atoms with Crippen LogP contribution in [0.25, 0.3) is 17.0 Å². The second-order valence-electron chi connectivity index (χ2n) is 6.82. The van der Waals surface area contributed by atoms with E-state index in [0.29, 0.717) is 35.5 Å². The summed E-state index contributed by atoms with van der Waals surface area (Å²) >= 11 is 0. The Balaban J connectivity index is 1.62. The highest BCUT2D eigenvalue weighted by atomic mass is 16.3. The van der Waals surface area contributed by atoms with Gasteiger partial charge >= 0.3 is 0 Å². The topological polar surface area (TPSA) is 109 Å². The molecule has 1 aliphatic carbocycles. The molecule has 3 aromatic heterocycles. The quantitative estimate of drug-likeness (QED) is 0.670. The van der Waals surface area contributed by atoms with Crippen LogP contribution in [0.3, 0.4) is 0 Å². The molecule has 3 aromatic rings.